The van der Waals surface area contributed by atoms with Crippen LogP contribution in [0.15, 0.2) is 60.4 Å². The van der Waals surface area contributed by atoms with Crippen molar-refractivity contribution in [1.29, 1.82) is 0 Å². The van der Waals surface area contributed by atoms with E-state index in [1.807, 2.05) is 6.08 Å². The lowest BCUT2D eigenvalue weighted by molar-refractivity contribution is 0.558. The van der Waals surface area contributed by atoms with Crippen LogP contribution in [0.2, 0.25) is 0 Å². The van der Waals surface area contributed by atoms with Crippen molar-refractivity contribution in [3.8, 4) is 0 Å². The summed E-state index contributed by atoms with van der Waals surface area (Å²) < 4.78 is 0. The molecule has 2 aliphatic rings. The van der Waals surface area contributed by atoms with E-state index >= 15 is 0 Å². The van der Waals surface area contributed by atoms with Gasteiger partial charge >= 0.3 is 0 Å². The highest BCUT2D eigenvalue weighted by Gasteiger charge is 2.26. The van der Waals surface area contributed by atoms with Crippen LogP contribution in [-0.2, 0) is 0 Å². The lowest BCUT2D eigenvalue weighted by atomic mass is 9.77. The fourth-order valence-electron chi connectivity index (χ4n) is 2.22. The van der Waals surface area contributed by atoms with Crippen molar-refractivity contribution in [2.24, 2.45) is 11.8 Å². The predicted octanol–water partition coefficient (Wildman–Crippen LogP) is 2.96. The highest BCUT2D eigenvalue weighted by atomic mass is 14.9. The van der Waals surface area contributed by atoms with Gasteiger partial charge in [-0.15, -0.1) is 0 Å². The van der Waals surface area contributed by atoms with Gasteiger partial charge in [0.15, 0.2) is 0 Å². The normalized spacial score (nSPS) is 27.8. The molecule has 2 atom stereocenters. The molecule has 2 unspecified atom stereocenters. The van der Waals surface area contributed by atoms with Gasteiger partial charge in [0.1, 0.15) is 0 Å². The molecule has 0 amide bonds. The number of nitrogens with one attached hydrogen (secondary N) is 1. The van der Waals surface area contributed by atoms with Crippen LogP contribution in [0.1, 0.15) is 6.92 Å². The topological polar surface area (TPSA) is 12.0 Å². The molecule has 2 rings (SSSR count). The first-order valence-corrected chi connectivity index (χ1v) is 5.50. The maximum Gasteiger partial charge on any atom is 0.0273 e. The van der Waals surface area contributed by atoms with E-state index in [4.69, 9.17) is 0 Å². The first-order valence-electron chi connectivity index (χ1n) is 5.50. The number of allylic oxidation sites excluding steroid dienone is 8. The monoisotopic (exact) mass is 199 g/mol. The molecule has 1 N–H and O–H groups in total. The average Bonchev–Trinajstić information content (AvgIpc) is 2.30. The van der Waals surface area contributed by atoms with Crippen molar-refractivity contribution >= 4 is 0 Å². The van der Waals surface area contributed by atoms with Crippen molar-refractivity contribution in [2.75, 3.05) is 6.54 Å². The van der Waals surface area contributed by atoms with E-state index in [-0.39, 0.29) is 0 Å². The minimum absolute atomic E-state index is 0.464. The van der Waals surface area contributed by atoms with E-state index in [0.717, 1.165) is 6.54 Å². The van der Waals surface area contributed by atoms with E-state index < -0.39 is 0 Å². The summed E-state index contributed by atoms with van der Waals surface area (Å²) in [6.07, 6.45) is 15.0. The fourth-order valence-corrected chi connectivity index (χ4v) is 2.22. The fraction of sp³-hybridized carbons (Fsp3) is 0.286. The molecular formula is C14H17N. The summed E-state index contributed by atoms with van der Waals surface area (Å²) in [7, 11) is 0. The summed E-state index contributed by atoms with van der Waals surface area (Å²) in [4.78, 5) is 0. The first-order chi connectivity index (χ1) is 7.36. The minimum Gasteiger partial charge on any atom is -0.388 e. The Hall–Kier alpha value is -1.50. The molecule has 0 spiro atoms. The zero-order chi connectivity index (χ0) is 10.7. The third kappa shape index (κ3) is 1.82. The van der Waals surface area contributed by atoms with Crippen LogP contribution in [0.25, 0.3) is 0 Å². The van der Waals surface area contributed by atoms with Crippen LogP contribution >= 0.6 is 0 Å². The largest absolute Gasteiger partial charge is 0.388 e. The first kappa shape index (κ1) is 10.0. The summed E-state index contributed by atoms with van der Waals surface area (Å²) in [6, 6.07) is 0. The van der Waals surface area contributed by atoms with Gasteiger partial charge < -0.3 is 5.32 Å². The Kier molecular flexibility index (Phi) is 2.91. The molecule has 0 saturated carbocycles. The number of rotatable bonds is 3. The van der Waals surface area contributed by atoms with Crippen LogP contribution in [0.5, 0.6) is 0 Å². The molecule has 78 valence electrons. The van der Waals surface area contributed by atoms with Crippen LogP contribution in [-0.4, -0.2) is 6.54 Å². The van der Waals surface area contributed by atoms with Crippen molar-refractivity contribution in [2.45, 2.75) is 6.92 Å². The molecular weight excluding hydrogens is 182 g/mol. The van der Waals surface area contributed by atoms with Gasteiger partial charge in [0.05, 0.1) is 0 Å². The summed E-state index contributed by atoms with van der Waals surface area (Å²) >= 11 is 0. The Labute approximate surface area is 91.6 Å². The number of hydrogen-bond acceptors (Lipinski definition) is 1. The second-order valence-electron chi connectivity index (χ2n) is 3.84. The maximum atomic E-state index is 3.87. The zero-order valence-corrected chi connectivity index (χ0v) is 9.11. The second kappa shape index (κ2) is 4.35. The summed E-state index contributed by atoms with van der Waals surface area (Å²) in [6.45, 7) is 6.98. The Balaban J connectivity index is 2.31. The number of fused-ring (bicyclic) bond motifs is 1. The molecule has 0 aromatic carbocycles. The Morgan fingerprint density at radius 2 is 2.00 bits per heavy atom. The molecule has 1 heteroatoms. The Bertz CT molecular complexity index is 369. The van der Waals surface area contributed by atoms with Crippen LogP contribution < -0.4 is 5.32 Å². The van der Waals surface area contributed by atoms with Gasteiger partial charge in [-0.25, -0.2) is 0 Å². The quantitative estimate of drug-likeness (QED) is 0.737. The Morgan fingerprint density at radius 3 is 2.67 bits per heavy atom. The van der Waals surface area contributed by atoms with Gasteiger partial charge in [-0.2, -0.15) is 0 Å². The molecule has 0 aromatic rings. The van der Waals surface area contributed by atoms with Crippen molar-refractivity contribution in [3.63, 3.8) is 0 Å². The Morgan fingerprint density at radius 1 is 1.27 bits per heavy atom. The summed E-state index contributed by atoms with van der Waals surface area (Å²) in [5.74, 6) is 0.930. The molecule has 0 saturated heterocycles. The van der Waals surface area contributed by atoms with Crippen LogP contribution in [0, 0.1) is 11.8 Å². The van der Waals surface area contributed by atoms with Gasteiger partial charge in [-0.3, -0.25) is 0 Å². The highest BCUT2D eigenvalue weighted by molar-refractivity contribution is 5.41. The third-order valence-corrected chi connectivity index (χ3v) is 2.95. The predicted molar refractivity (Wildman–Crippen MR) is 65.3 cm³/mol. The van der Waals surface area contributed by atoms with Gasteiger partial charge in [0.25, 0.3) is 0 Å². The highest BCUT2D eigenvalue weighted by Crippen LogP contribution is 2.34. The summed E-state index contributed by atoms with van der Waals surface area (Å²) in [5.41, 5.74) is 2.62. The zero-order valence-electron chi connectivity index (χ0n) is 9.11. The molecule has 0 fully saturated rings. The second-order valence-corrected chi connectivity index (χ2v) is 3.84. The third-order valence-electron chi connectivity index (χ3n) is 2.95. The standard InChI is InChI=1S/C14H17N/c1-3-11-9-10-14(15-4-2)13-8-6-5-7-12(11)13/h3,5-10,12-13,15H,1,4H2,2H3. The summed E-state index contributed by atoms with van der Waals surface area (Å²) in [5, 5.41) is 3.43. The molecule has 0 heterocycles. The van der Waals surface area contributed by atoms with Gasteiger partial charge in [0.2, 0.25) is 0 Å². The van der Waals surface area contributed by atoms with E-state index in [9.17, 15) is 0 Å². The lowest BCUT2D eigenvalue weighted by Crippen LogP contribution is -2.27. The maximum absolute atomic E-state index is 3.87. The smallest absolute Gasteiger partial charge is 0.0273 e. The molecule has 1 nitrogen and oxygen atoms in total. The molecule has 0 aromatic heterocycles. The van der Waals surface area contributed by atoms with Gasteiger partial charge in [-0.1, -0.05) is 43.0 Å². The minimum atomic E-state index is 0.464. The van der Waals surface area contributed by atoms with E-state index in [0.29, 0.717) is 11.8 Å². The van der Waals surface area contributed by atoms with Crippen molar-refractivity contribution < 1.29 is 0 Å². The SMILES string of the molecule is C=CC1=CC=C(NCC)C2C=CC=CC12. The van der Waals surface area contributed by atoms with Crippen LogP contribution in [0.4, 0.5) is 0 Å². The number of hydrogen-bond donors (Lipinski definition) is 1. The average molecular weight is 199 g/mol. The molecule has 0 aliphatic heterocycles. The van der Waals surface area contributed by atoms with E-state index in [2.05, 4.69) is 55.3 Å². The van der Waals surface area contributed by atoms with Crippen molar-refractivity contribution in [3.05, 3.63) is 60.4 Å². The van der Waals surface area contributed by atoms with E-state index in [1.165, 1.54) is 11.3 Å². The van der Waals surface area contributed by atoms with Crippen molar-refractivity contribution in [1.82, 2.24) is 5.32 Å². The lowest BCUT2D eigenvalue weighted by Gasteiger charge is -2.30. The molecule has 0 radical (unpaired) electrons. The molecule has 2 aliphatic carbocycles. The molecule has 15 heavy (non-hydrogen) atoms. The molecule has 0 bridgehead atoms. The van der Waals surface area contributed by atoms with E-state index in [1.54, 1.807) is 0 Å². The van der Waals surface area contributed by atoms with Crippen LogP contribution in [0.3, 0.4) is 0 Å². The van der Waals surface area contributed by atoms with Gasteiger partial charge in [0, 0.05) is 24.1 Å². The van der Waals surface area contributed by atoms with Gasteiger partial charge in [-0.05, 0) is 18.6 Å².